The lowest BCUT2D eigenvalue weighted by molar-refractivity contribution is -0.115. The molecule has 17 heavy (non-hydrogen) atoms. The molecule has 0 fully saturated rings. The third kappa shape index (κ3) is 2.76. The van der Waals surface area contributed by atoms with Crippen LogP contribution in [0.5, 0.6) is 5.75 Å². The Hall–Kier alpha value is -1.57. The minimum absolute atomic E-state index is 0.175. The van der Waals surface area contributed by atoms with Crippen LogP contribution in [-0.4, -0.2) is 5.78 Å². The Labute approximate surface area is 102 Å². The van der Waals surface area contributed by atoms with E-state index in [2.05, 4.69) is 19.1 Å². The molecule has 1 aliphatic carbocycles. The van der Waals surface area contributed by atoms with Gasteiger partial charge in [0.05, 0.1) is 0 Å². The molecule has 0 bridgehead atoms. The van der Waals surface area contributed by atoms with Crippen LogP contribution < -0.4 is 4.74 Å². The lowest BCUT2D eigenvalue weighted by Crippen LogP contribution is -2.08. The van der Waals surface area contributed by atoms with E-state index in [-0.39, 0.29) is 5.78 Å². The van der Waals surface area contributed by atoms with Crippen LogP contribution in [0.25, 0.3) is 0 Å². The van der Waals surface area contributed by atoms with E-state index in [0.717, 1.165) is 35.5 Å². The molecule has 0 heterocycles. The first kappa shape index (κ1) is 11.9. The van der Waals surface area contributed by atoms with Crippen LogP contribution in [0.4, 0.5) is 0 Å². The predicted octanol–water partition coefficient (Wildman–Crippen LogP) is 3.63. The maximum absolute atomic E-state index is 11.3. The van der Waals surface area contributed by atoms with E-state index in [1.54, 1.807) is 6.08 Å². The van der Waals surface area contributed by atoms with Crippen LogP contribution in [0.15, 0.2) is 24.0 Å². The highest BCUT2D eigenvalue weighted by molar-refractivity contribution is 5.90. The molecule has 0 aromatic heterocycles. The molecule has 0 unspecified atom stereocenters. The fourth-order valence-corrected chi connectivity index (χ4v) is 2.30. The van der Waals surface area contributed by atoms with Crippen molar-refractivity contribution in [1.82, 2.24) is 0 Å². The van der Waals surface area contributed by atoms with Crippen molar-refractivity contribution in [2.45, 2.75) is 40.0 Å². The molecule has 0 N–H and O–H groups in total. The van der Waals surface area contributed by atoms with Crippen LogP contribution in [0.2, 0.25) is 0 Å². The van der Waals surface area contributed by atoms with E-state index in [1.807, 2.05) is 13.8 Å². The van der Waals surface area contributed by atoms with Crippen molar-refractivity contribution in [1.29, 1.82) is 0 Å². The zero-order chi connectivity index (χ0) is 12.4. The molecule has 0 aliphatic heterocycles. The molecule has 0 spiro atoms. The SMILES string of the molecule is Cc1cc(C)c(OC2=CC(=O)CCC2)c(C)c1. The molecule has 1 aliphatic rings. The molecular weight excluding hydrogens is 212 g/mol. The van der Waals surface area contributed by atoms with Gasteiger partial charge in [-0.1, -0.05) is 17.7 Å². The largest absolute Gasteiger partial charge is 0.461 e. The van der Waals surface area contributed by atoms with Crippen LogP contribution in [-0.2, 0) is 4.79 Å². The smallest absolute Gasteiger partial charge is 0.159 e. The molecule has 0 saturated heterocycles. The molecule has 1 aromatic rings. The Morgan fingerprint density at radius 2 is 1.71 bits per heavy atom. The second kappa shape index (κ2) is 4.74. The van der Waals surface area contributed by atoms with Gasteiger partial charge in [-0.05, 0) is 38.3 Å². The van der Waals surface area contributed by atoms with Gasteiger partial charge in [-0.3, -0.25) is 4.79 Å². The number of carbonyl (C=O) groups is 1. The molecule has 0 atom stereocenters. The number of aryl methyl sites for hydroxylation is 3. The van der Waals surface area contributed by atoms with Crippen LogP contribution >= 0.6 is 0 Å². The highest BCUT2D eigenvalue weighted by Gasteiger charge is 2.13. The molecule has 90 valence electrons. The number of allylic oxidation sites excluding steroid dienone is 2. The quantitative estimate of drug-likeness (QED) is 0.775. The van der Waals surface area contributed by atoms with Gasteiger partial charge in [0.15, 0.2) is 5.78 Å². The lowest BCUT2D eigenvalue weighted by atomic mass is 10.0. The summed E-state index contributed by atoms with van der Waals surface area (Å²) in [7, 11) is 0. The normalized spacial score (nSPS) is 15.7. The molecular formula is C15H18O2. The van der Waals surface area contributed by atoms with Crippen LogP contribution in [0.1, 0.15) is 36.0 Å². The van der Waals surface area contributed by atoms with Gasteiger partial charge in [0, 0.05) is 18.9 Å². The maximum Gasteiger partial charge on any atom is 0.159 e. The first-order chi connectivity index (χ1) is 8.06. The minimum Gasteiger partial charge on any atom is -0.461 e. The summed E-state index contributed by atoms with van der Waals surface area (Å²) in [5, 5.41) is 0. The van der Waals surface area contributed by atoms with E-state index in [9.17, 15) is 4.79 Å². The third-order valence-electron chi connectivity index (χ3n) is 3.01. The van der Waals surface area contributed by atoms with Crippen molar-refractivity contribution in [2.75, 3.05) is 0 Å². The van der Waals surface area contributed by atoms with E-state index < -0.39 is 0 Å². The standard InChI is InChI=1S/C15H18O2/c1-10-7-11(2)15(12(3)8-10)17-14-6-4-5-13(16)9-14/h7-9H,4-6H2,1-3H3. The van der Waals surface area contributed by atoms with Gasteiger partial charge in [0.2, 0.25) is 0 Å². The Balaban J connectivity index is 2.27. The van der Waals surface area contributed by atoms with Crippen molar-refractivity contribution in [3.8, 4) is 5.75 Å². The molecule has 0 amide bonds. The topological polar surface area (TPSA) is 26.3 Å². The number of benzene rings is 1. The van der Waals surface area contributed by atoms with E-state index in [1.165, 1.54) is 5.56 Å². The molecule has 0 radical (unpaired) electrons. The fraction of sp³-hybridized carbons (Fsp3) is 0.400. The monoisotopic (exact) mass is 230 g/mol. The van der Waals surface area contributed by atoms with Crippen LogP contribution in [0.3, 0.4) is 0 Å². The van der Waals surface area contributed by atoms with Gasteiger partial charge >= 0.3 is 0 Å². The highest BCUT2D eigenvalue weighted by Crippen LogP contribution is 2.28. The Morgan fingerprint density at radius 1 is 1.06 bits per heavy atom. The van der Waals surface area contributed by atoms with Crippen LogP contribution in [0, 0.1) is 20.8 Å². The summed E-state index contributed by atoms with van der Waals surface area (Å²) < 4.78 is 5.88. The zero-order valence-electron chi connectivity index (χ0n) is 10.7. The Kier molecular flexibility index (Phi) is 3.32. The summed E-state index contributed by atoms with van der Waals surface area (Å²) in [6.45, 7) is 6.16. The number of carbonyl (C=O) groups excluding carboxylic acids is 1. The van der Waals surface area contributed by atoms with Crippen molar-refractivity contribution < 1.29 is 9.53 Å². The summed E-state index contributed by atoms with van der Waals surface area (Å²) in [6, 6.07) is 4.21. The van der Waals surface area contributed by atoms with Crippen molar-refractivity contribution in [3.63, 3.8) is 0 Å². The summed E-state index contributed by atoms with van der Waals surface area (Å²) in [5.41, 5.74) is 3.49. The second-order valence-electron chi connectivity index (χ2n) is 4.76. The number of rotatable bonds is 2. The minimum atomic E-state index is 0.175. The summed E-state index contributed by atoms with van der Waals surface area (Å²) in [6.07, 6.45) is 4.05. The van der Waals surface area contributed by atoms with Gasteiger partial charge in [0.1, 0.15) is 11.5 Å². The first-order valence-corrected chi connectivity index (χ1v) is 6.05. The van der Waals surface area contributed by atoms with Crippen molar-refractivity contribution in [2.24, 2.45) is 0 Å². The fourth-order valence-electron chi connectivity index (χ4n) is 2.30. The maximum atomic E-state index is 11.3. The van der Waals surface area contributed by atoms with Gasteiger partial charge in [0.25, 0.3) is 0 Å². The third-order valence-corrected chi connectivity index (χ3v) is 3.01. The summed E-state index contributed by atoms with van der Waals surface area (Å²) in [4.78, 5) is 11.3. The van der Waals surface area contributed by atoms with E-state index in [4.69, 9.17) is 4.74 Å². The predicted molar refractivity (Wildman–Crippen MR) is 68.2 cm³/mol. The van der Waals surface area contributed by atoms with E-state index >= 15 is 0 Å². The molecule has 2 heteroatoms. The Morgan fingerprint density at radius 3 is 2.29 bits per heavy atom. The van der Waals surface area contributed by atoms with Gasteiger partial charge < -0.3 is 4.74 Å². The zero-order valence-corrected chi connectivity index (χ0v) is 10.7. The average Bonchev–Trinajstić information content (AvgIpc) is 2.23. The van der Waals surface area contributed by atoms with Crippen molar-refractivity contribution >= 4 is 5.78 Å². The molecule has 2 rings (SSSR count). The summed E-state index contributed by atoms with van der Waals surface area (Å²) >= 11 is 0. The number of ketones is 1. The Bertz CT molecular complexity index is 461. The molecule has 0 saturated carbocycles. The lowest BCUT2D eigenvalue weighted by Gasteiger charge is -2.17. The molecule has 2 nitrogen and oxygen atoms in total. The highest BCUT2D eigenvalue weighted by atomic mass is 16.5. The number of ether oxygens (including phenoxy) is 1. The summed E-state index contributed by atoms with van der Waals surface area (Å²) in [5.74, 6) is 1.88. The first-order valence-electron chi connectivity index (χ1n) is 6.05. The van der Waals surface area contributed by atoms with Gasteiger partial charge in [-0.25, -0.2) is 0 Å². The average molecular weight is 230 g/mol. The van der Waals surface area contributed by atoms with Crippen molar-refractivity contribution in [3.05, 3.63) is 40.7 Å². The van der Waals surface area contributed by atoms with E-state index in [0.29, 0.717) is 6.42 Å². The second-order valence-corrected chi connectivity index (χ2v) is 4.76. The molecule has 1 aromatic carbocycles. The number of hydrogen-bond acceptors (Lipinski definition) is 2. The van der Waals surface area contributed by atoms with Gasteiger partial charge in [-0.15, -0.1) is 0 Å². The van der Waals surface area contributed by atoms with Gasteiger partial charge in [-0.2, -0.15) is 0 Å². The number of hydrogen-bond donors (Lipinski definition) is 0.